The lowest BCUT2D eigenvalue weighted by molar-refractivity contribution is 0.187. The van der Waals surface area contributed by atoms with E-state index in [-0.39, 0.29) is 0 Å². The van der Waals surface area contributed by atoms with E-state index in [9.17, 15) is 0 Å². The molecule has 0 bridgehead atoms. The molecule has 0 unspecified atom stereocenters. The van der Waals surface area contributed by atoms with Gasteiger partial charge in [-0.3, -0.25) is 9.80 Å². The SMILES string of the molecule is Clc1cc2c(cc1Cl)CN(CCN1CCN(c3cccc(Cl)c3Cl)CC1)CC2. The molecular weight excluding hydrogens is 436 g/mol. The van der Waals surface area contributed by atoms with Gasteiger partial charge in [0.1, 0.15) is 0 Å². The number of nitrogens with zero attached hydrogens (tertiary/aromatic N) is 3. The highest BCUT2D eigenvalue weighted by molar-refractivity contribution is 6.43. The minimum absolute atomic E-state index is 0.619. The summed E-state index contributed by atoms with van der Waals surface area (Å²) in [5.41, 5.74) is 3.68. The van der Waals surface area contributed by atoms with Crippen LogP contribution in [0.5, 0.6) is 0 Å². The molecule has 0 aromatic heterocycles. The summed E-state index contributed by atoms with van der Waals surface area (Å²) >= 11 is 24.9. The van der Waals surface area contributed by atoms with Gasteiger partial charge >= 0.3 is 0 Å². The van der Waals surface area contributed by atoms with Gasteiger partial charge in [-0.15, -0.1) is 0 Å². The lowest BCUT2D eigenvalue weighted by Crippen LogP contribution is -2.49. The summed E-state index contributed by atoms with van der Waals surface area (Å²) in [6.07, 6.45) is 1.03. The maximum atomic E-state index is 6.38. The van der Waals surface area contributed by atoms with Crippen LogP contribution < -0.4 is 4.90 Å². The van der Waals surface area contributed by atoms with Crippen LogP contribution in [0.4, 0.5) is 5.69 Å². The largest absolute Gasteiger partial charge is 0.368 e. The fourth-order valence-electron chi connectivity index (χ4n) is 4.03. The Labute approximate surface area is 186 Å². The highest BCUT2D eigenvalue weighted by Gasteiger charge is 2.22. The van der Waals surface area contributed by atoms with Gasteiger partial charge < -0.3 is 4.90 Å². The molecule has 2 aromatic carbocycles. The molecule has 7 heteroatoms. The Hall–Kier alpha value is -0.680. The Bertz CT molecular complexity index is 850. The van der Waals surface area contributed by atoms with Crippen molar-refractivity contribution in [3.8, 4) is 0 Å². The van der Waals surface area contributed by atoms with Crippen LogP contribution in [0.3, 0.4) is 0 Å². The second kappa shape index (κ2) is 8.99. The van der Waals surface area contributed by atoms with E-state index in [1.54, 1.807) is 0 Å². The molecule has 0 aliphatic carbocycles. The normalized spacial score (nSPS) is 18.4. The van der Waals surface area contributed by atoms with Gasteiger partial charge in [0.05, 0.1) is 25.8 Å². The number of halogens is 4. The van der Waals surface area contributed by atoms with Crippen molar-refractivity contribution in [2.45, 2.75) is 13.0 Å². The molecule has 28 heavy (non-hydrogen) atoms. The fraction of sp³-hybridized carbons (Fsp3) is 0.429. The lowest BCUT2D eigenvalue weighted by atomic mass is 10.00. The molecule has 4 rings (SSSR count). The van der Waals surface area contributed by atoms with E-state index in [0.29, 0.717) is 20.1 Å². The van der Waals surface area contributed by atoms with Gasteiger partial charge in [0.2, 0.25) is 0 Å². The maximum Gasteiger partial charge on any atom is 0.0825 e. The lowest BCUT2D eigenvalue weighted by Gasteiger charge is -2.38. The number of piperazine rings is 1. The van der Waals surface area contributed by atoms with Gasteiger partial charge in [0.15, 0.2) is 0 Å². The summed E-state index contributed by atoms with van der Waals surface area (Å²) in [6, 6.07) is 9.90. The zero-order chi connectivity index (χ0) is 19.7. The van der Waals surface area contributed by atoms with E-state index in [4.69, 9.17) is 46.4 Å². The molecule has 0 atom stereocenters. The van der Waals surface area contributed by atoms with Gasteiger partial charge in [0, 0.05) is 52.4 Å². The van der Waals surface area contributed by atoms with Crippen LogP contribution in [-0.4, -0.2) is 55.6 Å². The Morgan fingerprint density at radius 3 is 2.14 bits per heavy atom. The van der Waals surface area contributed by atoms with E-state index >= 15 is 0 Å². The average molecular weight is 459 g/mol. The quantitative estimate of drug-likeness (QED) is 0.600. The predicted molar refractivity (Wildman–Crippen MR) is 121 cm³/mol. The van der Waals surface area contributed by atoms with Gasteiger partial charge in [-0.1, -0.05) is 52.5 Å². The van der Waals surface area contributed by atoms with Crippen LogP contribution >= 0.6 is 46.4 Å². The average Bonchev–Trinajstić information content (AvgIpc) is 2.70. The van der Waals surface area contributed by atoms with Gasteiger partial charge in [-0.05, 0) is 41.8 Å². The highest BCUT2D eigenvalue weighted by Crippen LogP contribution is 2.33. The Morgan fingerprint density at radius 1 is 0.714 bits per heavy atom. The molecule has 0 spiro atoms. The topological polar surface area (TPSA) is 9.72 Å². The van der Waals surface area contributed by atoms with Crippen molar-refractivity contribution in [3.63, 3.8) is 0 Å². The van der Waals surface area contributed by atoms with Crippen molar-refractivity contribution in [1.82, 2.24) is 9.80 Å². The third-order valence-electron chi connectivity index (χ3n) is 5.71. The zero-order valence-corrected chi connectivity index (χ0v) is 18.6. The van der Waals surface area contributed by atoms with Crippen molar-refractivity contribution >= 4 is 52.1 Å². The molecule has 0 radical (unpaired) electrons. The van der Waals surface area contributed by atoms with E-state index in [1.165, 1.54) is 11.1 Å². The molecule has 0 saturated carbocycles. The number of anilines is 1. The molecular formula is C21H23Cl4N3. The Balaban J connectivity index is 1.28. The van der Waals surface area contributed by atoms with Gasteiger partial charge in [-0.2, -0.15) is 0 Å². The Morgan fingerprint density at radius 2 is 1.39 bits per heavy atom. The number of hydrogen-bond acceptors (Lipinski definition) is 3. The van der Waals surface area contributed by atoms with Gasteiger partial charge in [0.25, 0.3) is 0 Å². The number of hydrogen-bond donors (Lipinski definition) is 0. The van der Waals surface area contributed by atoms with Crippen molar-refractivity contribution in [3.05, 3.63) is 61.5 Å². The number of fused-ring (bicyclic) bond motifs is 1. The summed E-state index contributed by atoms with van der Waals surface area (Å²) < 4.78 is 0. The summed E-state index contributed by atoms with van der Waals surface area (Å²) in [7, 11) is 0. The first-order valence-corrected chi connectivity index (χ1v) is 11.1. The molecule has 0 N–H and O–H groups in total. The minimum atomic E-state index is 0.619. The van der Waals surface area contributed by atoms with Gasteiger partial charge in [-0.25, -0.2) is 0 Å². The van der Waals surface area contributed by atoms with Crippen LogP contribution in [-0.2, 0) is 13.0 Å². The Kier molecular flexibility index (Phi) is 6.61. The molecule has 3 nitrogen and oxygen atoms in total. The third-order valence-corrected chi connectivity index (χ3v) is 7.24. The molecule has 2 aliphatic rings. The zero-order valence-electron chi connectivity index (χ0n) is 15.6. The van der Waals surface area contributed by atoms with Crippen LogP contribution in [0.15, 0.2) is 30.3 Å². The number of benzene rings is 2. The first-order valence-electron chi connectivity index (χ1n) is 9.62. The second-order valence-corrected chi connectivity index (χ2v) is 9.06. The summed E-state index contributed by atoms with van der Waals surface area (Å²) in [6.45, 7) is 8.18. The molecule has 2 heterocycles. The van der Waals surface area contributed by atoms with Crippen molar-refractivity contribution in [1.29, 1.82) is 0 Å². The van der Waals surface area contributed by atoms with Crippen molar-refractivity contribution in [2.75, 3.05) is 50.7 Å². The third kappa shape index (κ3) is 4.56. The summed E-state index contributed by atoms with van der Waals surface area (Å²) in [5.74, 6) is 0. The molecule has 1 saturated heterocycles. The van der Waals surface area contributed by atoms with E-state index in [1.807, 2.05) is 30.3 Å². The first-order chi connectivity index (χ1) is 13.5. The molecule has 0 amide bonds. The predicted octanol–water partition coefficient (Wildman–Crippen LogP) is 5.48. The van der Waals surface area contributed by atoms with E-state index in [0.717, 1.165) is 64.5 Å². The standard InChI is InChI=1S/C21H23Cl4N3/c22-17-2-1-3-20(21(17)25)28-10-8-26(9-11-28)6-7-27-5-4-15-12-18(23)19(24)13-16(15)14-27/h1-3,12-13H,4-11,14H2. The van der Waals surface area contributed by atoms with Crippen molar-refractivity contribution in [2.24, 2.45) is 0 Å². The summed E-state index contributed by atoms with van der Waals surface area (Å²) in [4.78, 5) is 7.36. The maximum absolute atomic E-state index is 6.38. The van der Waals surface area contributed by atoms with E-state index < -0.39 is 0 Å². The molecule has 2 aromatic rings. The smallest absolute Gasteiger partial charge is 0.0825 e. The van der Waals surface area contributed by atoms with Crippen LogP contribution in [0, 0.1) is 0 Å². The van der Waals surface area contributed by atoms with Crippen molar-refractivity contribution < 1.29 is 0 Å². The second-order valence-electron chi connectivity index (χ2n) is 7.46. The molecule has 2 aliphatic heterocycles. The van der Waals surface area contributed by atoms with E-state index in [2.05, 4.69) is 14.7 Å². The number of rotatable bonds is 4. The van der Waals surface area contributed by atoms with Crippen LogP contribution in [0.25, 0.3) is 0 Å². The van der Waals surface area contributed by atoms with Crippen LogP contribution in [0.1, 0.15) is 11.1 Å². The van der Waals surface area contributed by atoms with Crippen LogP contribution in [0.2, 0.25) is 20.1 Å². The first kappa shape index (κ1) is 20.6. The highest BCUT2D eigenvalue weighted by atomic mass is 35.5. The summed E-state index contributed by atoms with van der Waals surface area (Å²) in [5, 5.41) is 2.58. The monoisotopic (exact) mass is 457 g/mol. The molecule has 150 valence electrons. The fourth-order valence-corrected chi connectivity index (χ4v) is 4.82. The molecule has 1 fully saturated rings. The minimum Gasteiger partial charge on any atom is -0.368 e.